The number of likely N-dealkylation sites (tertiary alicyclic amines) is 1. The van der Waals surface area contributed by atoms with E-state index in [-0.39, 0.29) is 17.7 Å². The maximum Gasteiger partial charge on any atom is 0.225 e. The summed E-state index contributed by atoms with van der Waals surface area (Å²) in [5.74, 6) is 1.06. The summed E-state index contributed by atoms with van der Waals surface area (Å²) in [7, 11) is 0. The molecule has 2 aliphatic heterocycles. The first-order valence-electron chi connectivity index (χ1n) is 14.6. The molecule has 0 unspecified atom stereocenters. The number of fused-ring (bicyclic) bond motifs is 1. The third kappa shape index (κ3) is 5.25. The Morgan fingerprint density at radius 2 is 1.82 bits per heavy atom. The van der Waals surface area contributed by atoms with Crippen molar-refractivity contribution in [2.75, 3.05) is 44.2 Å². The van der Waals surface area contributed by atoms with Crippen LogP contribution in [0.1, 0.15) is 57.4 Å². The van der Waals surface area contributed by atoms with E-state index < -0.39 is 0 Å². The average molecular weight is 526 g/mol. The monoisotopic (exact) mass is 525 g/mol. The van der Waals surface area contributed by atoms with Gasteiger partial charge in [0.05, 0.1) is 23.0 Å². The van der Waals surface area contributed by atoms with Gasteiger partial charge in [-0.15, -0.1) is 0 Å². The number of amides is 1. The van der Waals surface area contributed by atoms with Crippen molar-refractivity contribution in [2.24, 2.45) is 11.8 Å². The number of pyridine rings is 1. The minimum absolute atomic E-state index is 0.0867. The topological polar surface area (TPSA) is 80.8 Å². The van der Waals surface area contributed by atoms with Gasteiger partial charge in [0.25, 0.3) is 0 Å². The molecule has 3 aromatic rings. The van der Waals surface area contributed by atoms with Gasteiger partial charge in [-0.3, -0.25) is 9.78 Å². The summed E-state index contributed by atoms with van der Waals surface area (Å²) in [6.07, 6.45) is 10.6. The molecule has 1 saturated carbocycles. The summed E-state index contributed by atoms with van der Waals surface area (Å²) >= 11 is 0. The van der Waals surface area contributed by atoms with Crippen LogP contribution in [0, 0.1) is 23.2 Å². The lowest BCUT2D eigenvalue weighted by molar-refractivity contribution is -0.137. The molecule has 0 bridgehead atoms. The molecule has 5 heterocycles. The van der Waals surface area contributed by atoms with Crippen LogP contribution in [0.3, 0.4) is 0 Å². The average Bonchev–Trinajstić information content (AvgIpc) is 3.65. The molecule has 0 radical (unpaired) electrons. The highest BCUT2D eigenvalue weighted by Gasteiger charge is 2.31. The van der Waals surface area contributed by atoms with Crippen molar-refractivity contribution in [3.05, 3.63) is 48.4 Å². The van der Waals surface area contributed by atoms with Crippen molar-refractivity contribution in [1.82, 2.24) is 24.4 Å². The van der Waals surface area contributed by atoms with E-state index in [4.69, 9.17) is 10.2 Å². The second-order valence-corrected chi connectivity index (χ2v) is 11.8. The van der Waals surface area contributed by atoms with Crippen molar-refractivity contribution in [3.63, 3.8) is 0 Å². The van der Waals surface area contributed by atoms with E-state index in [1.54, 1.807) is 0 Å². The van der Waals surface area contributed by atoms with E-state index in [0.717, 1.165) is 87.4 Å². The van der Waals surface area contributed by atoms with Gasteiger partial charge < -0.3 is 14.7 Å². The Hall–Kier alpha value is -3.44. The molecular weight excluding hydrogens is 486 g/mol. The van der Waals surface area contributed by atoms with E-state index in [0.29, 0.717) is 12.0 Å². The van der Waals surface area contributed by atoms with Gasteiger partial charge in [0.1, 0.15) is 0 Å². The minimum atomic E-state index is 0.0867. The molecule has 3 fully saturated rings. The SMILES string of the molecule is CC(C)N1CC[C@@H](c2ccc(-c3cc4c(N5CCN(C(=O)[C@H]6CC[C@H](C#N)CC6)CC5)ccnn4c3)nc2)C1. The highest BCUT2D eigenvalue weighted by molar-refractivity contribution is 5.81. The molecule has 0 N–H and O–H groups in total. The van der Waals surface area contributed by atoms with Crippen LogP contribution in [0.2, 0.25) is 0 Å². The van der Waals surface area contributed by atoms with Crippen LogP contribution in [0.15, 0.2) is 42.9 Å². The molecule has 1 aliphatic carbocycles. The molecule has 3 aromatic heterocycles. The van der Waals surface area contributed by atoms with E-state index in [9.17, 15) is 4.79 Å². The predicted molar refractivity (Wildman–Crippen MR) is 152 cm³/mol. The highest BCUT2D eigenvalue weighted by Crippen LogP contribution is 2.32. The first-order valence-corrected chi connectivity index (χ1v) is 14.6. The van der Waals surface area contributed by atoms with Crippen molar-refractivity contribution in [2.45, 2.75) is 57.9 Å². The van der Waals surface area contributed by atoms with Crippen molar-refractivity contribution in [3.8, 4) is 17.3 Å². The third-order valence-corrected chi connectivity index (χ3v) is 9.18. The number of rotatable bonds is 5. The molecule has 3 aliphatic rings. The van der Waals surface area contributed by atoms with Crippen molar-refractivity contribution < 1.29 is 4.79 Å². The molecule has 8 heteroatoms. The van der Waals surface area contributed by atoms with E-state index in [1.165, 1.54) is 12.0 Å². The number of piperazine rings is 1. The zero-order valence-corrected chi connectivity index (χ0v) is 23.2. The highest BCUT2D eigenvalue weighted by atomic mass is 16.2. The largest absolute Gasteiger partial charge is 0.366 e. The van der Waals surface area contributed by atoms with Gasteiger partial charge in [-0.1, -0.05) is 6.07 Å². The Bertz CT molecular complexity index is 1340. The smallest absolute Gasteiger partial charge is 0.225 e. The van der Waals surface area contributed by atoms with Crippen LogP contribution in [0.25, 0.3) is 16.8 Å². The van der Waals surface area contributed by atoms with Crippen LogP contribution in [-0.4, -0.2) is 75.6 Å². The fraction of sp³-hybridized carbons (Fsp3) is 0.548. The summed E-state index contributed by atoms with van der Waals surface area (Å²) < 4.78 is 1.95. The lowest BCUT2D eigenvalue weighted by Crippen LogP contribution is -2.50. The Morgan fingerprint density at radius 1 is 1.03 bits per heavy atom. The molecule has 8 nitrogen and oxygen atoms in total. The summed E-state index contributed by atoms with van der Waals surface area (Å²) in [5, 5.41) is 13.7. The Kier molecular flexibility index (Phi) is 7.26. The molecule has 2 saturated heterocycles. The van der Waals surface area contributed by atoms with Gasteiger partial charge in [-0.25, -0.2) is 4.52 Å². The Labute approximate surface area is 231 Å². The van der Waals surface area contributed by atoms with Crippen LogP contribution < -0.4 is 4.90 Å². The van der Waals surface area contributed by atoms with Gasteiger partial charge in [0, 0.05) is 74.8 Å². The normalized spacial score (nSPS) is 24.4. The number of carbonyl (C=O) groups is 1. The molecule has 1 amide bonds. The fourth-order valence-electron chi connectivity index (χ4n) is 6.65. The molecule has 6 rings (SSSR count). The number of anilines is 1. The van der Waals surface area contributed by atoms with Crippen LogP contribution in [-0.2, 0) is 4.79 Å². The van der Waals surface area contributed by atoms with Gasteiger partial charge in [-0.2, -0.15) is 10.4 Å². The first-order chi connectivity index (χ1) is 19.0. The van der Waals surface area contributed by atoms with Gasteiger partial charge in [-0.05, 0) is 82.2 Å². The lowest BCUT2D eigenvalue weighted by atomic mass is 9.82. The van der Waals surface area contributed by atoms with Crippen LogP contribution in [0.4, 0.5) is 5.69 Å². The zero-order chi connectivity index (χ0) is 26.9. The van der Waals surface area contributed by atoms with E-state index in [2.05, 4.69) is 71.5 Å². The second-order valence-electron chi connectivity index (χ2n) is 11.8. The summed E-state index contributed by atoms with van der Waals surface area (Å²) in [6.45, 7) is 9.90. The molecule has 0 aromatic carbocycles. The number of aromatic nitrogens is 3. The number of hydrogen-bond donors (Lipinski definition) is 0. The number of nitriles is 1. The lowest BCUT2D eigenvalue weighted by Gasteiger charge is -2.38. The zero-order valence-electron chi connectivity index (χ0n) is 23.2. The molecule has 1 atom stereocenters. The van der Waals surface area contributed by atoms with Gasteiger partial charge >= 0.3 is 0 Å². The number of carbonyl (C=O) groups excluding carboxylic acids is 1. The van der Waals surface area contributed by atoms with Crippen molar-refractivity contribution >= 4 is 17.1 Å². The molecule has 0 spiro atoms. The standard InChI is InChI=1S/C31H39N7O/c1-22(2)37-12-10-26(20-37)25-7-8-28(33-19-25)27-17-30-29(9-11-34-38(30)21-27)35-13-15-36(16-14-35)31(39)24-5-3-23(18-32)4-6-24/h7-9,11,17,19,21-24,26H,3-6,10,12-16,20H2,1-2H3/t23-,24-,26-/m1/s1. The molecular formula is C31H39N7O. The van der Waals surface area contributed by atoms with E-state index >= 15 is 0 Å². The fourth-order valence-corrected chi connectivity index (χ4v) is 6.65. The van der Waals surface area contributed by atoms with Gasteiger partial charge in [0.2, 0.25) is 5.91 Å². The first kappa shape index (κ1) is 25.8. The molecule has 204 valence electrons. The second kappa shape index (κ2) is 11.0. The minimum Gasteiger partial charge on any atom is -0.366 e. The maximum atomic E-state index is 13.1. The number of hydrogen-bond acceptors (Lipinski definition) is 6. The van der Waals surface area contributed by atoms with Crippen LogP contribution in [0.5, 0.6) is 0 Å². The Balaban J connectivity index is 1.12. The van der Waals surface area contributed by atoms with Crippen LogP contribution >= 0.6 is 0 Å². The predicted octanol–water partition coefficient (Wildman–Crippen LogP) is 4.57. The Morgan fingerprint density at radius 3 is 2.49 bits per heavy atom. The summed E-state index contributed by atoms with van der Waals surface area (Å²) in [6, 6.07) is 11.6. The number of nitrogens with zero attached hydrogens (tertiary/aromatic N) is 7. The summed E-state index contributed by atoms with van der Waals surface area (Å²) in [5.41, 5.74) is 5.58. The quantitative estimate of drug-likeness (QED) is 0.485. The van der Waals surface area contributed by atoms with E-state index in [1.807, 2.05) is 15.6 Å². The molecule has 39 heavy (non-hydrogen) atoms. The van der Waals surface area contributed by atoms with Crippen molar-refractivity contribution in [1.29, 1.82) is 5.26 Å². The third-order valence-electron chi connectivity index (χ3n) is 9.18. The van der Waals surface area contributed by atoms with Gasteiger partial charge in [0.15, 0.2) is 0 Å². The maximum absolute atomic E-state index is 13.1. The summed E-state index contributed by atoms with van der Waals surface area (Å²) in [4.78, 5) is 24.9.